The number of allylic oxidation sites excluding steroid dienone is 2. The fraction of sp³-hybridized carbons (Fsp3) is 0.277. The molecule has 0 aliphatic heterocycles. The molecule has 0 heterocycles. The third-order valence-corrected chi connectivity index (χ3v) is 58.8. The molecular weight excluding hydrogens is 771 g/mol. The summed E-state index contributed by atoms with van der Waals surface area (Å²) in [5, 5.41) is 0. The number of hydrogen-bond donors (Lipinski definition) is 0. The summed E-state index contributed by atoms with van der Waals surface area (Å²) in [7, 11) is 0. The molecule has 0 nitrogen and oxygen atoms in total. The van der Waals surface area contributed by atoms with Crippen molar-refractivity contribution in [3.63, 3.8) is 0 Å². The van der Waals surface area contributed by atoms with E-state index in [9.17, 15) is 0 Å². The van der Waals surface area contributed by atoms with E-state index >= 15 is 0 Å². The van der Waals surface area contributed by atoms with E-state index in [0.717, 1.165) is 6.42 Å². The molecule has 7 rings (SSSR count). The van der Waals surface area contributed by atoms with Crippen LogP contribution in [0.25, 0.3) is 34.4 Å². The Bertz CT molecular complexity index is 2150. The van der Waals surface area contributed by atoms with Crippen molar-refractivity contribution in [1.82, 2.24) is 0 Å². The Morgan fingerprint density at radius 3 is 1.45 bits per heavy atom. The Morgan fingerprint density at radius 2 is 1.00 bits per heavy atom. The first kappa shape index (κ1) is 34.1. The van der Waals surface area contributed by atoms with E-state index in [1.807, 2.05) is 0 Å². The summed E-state index contributed by atoms with van der Waals surface area (Å²) >= 11 is -5.15. The van der Waals surface area contributed by atoms with Crippen LogP contribution in [0.5, 0.6) is 0 Å². The molecule has 0 fully saturated rings. The van der Waals surface area contributed by atoms with Crippen molar-refractivity contribution in [2.45, 2.75) is 71.5 Å². The van der Waals surface area contributed by atoms with Crippen LogP contribution in [-0.4, -0.2) is 6.94 Å². The van der Waals surface area contributed by atoms with Gasteiger partial charge in [0, 0.05) is 0 Å². The van der Waals surface area contributed by atoms with Gasteiger partial charge in [-0.15, -0.1) is 0 Å². The van der Waals surface area contributed by atoms with Crippen LogP contribution in [0.2, 0.25) is 18.2 Å². The van der Waals surface area contributed by atoms with Crippen molar-refractivity contribution < 1.29 is 14.2 Å². The Morgan fingerprint density at radius 1 is 0.551 bits per heavy atom. The second-order valence-electron chi connectivity index (χ2n) is 19.4. The number of fused-ring (bicyclic) bond motifs is 2. The van der Waals surface area contributed by atoms with Gasteiger partial charge in [-0.25, -0.2) is 0 Å². The van der Waals surface area contributed by atoms with Gasteiger partial charge in [0.15, 0.2) is 0 Å². The topological polar surface area (TPSA) is 0 Å². The zero-order valence-corrected chi connectivity index (χ0v) is 35.7. The average molecular weight is 826 g/mol. The van der Waals surface area contributed by atoms with E-state index in [1.165, 1.54) is 65.4 Å². The summed E-state index contributed by atoms with van der Waals surface area (Å²) in [5.74, 6) is 1.00. The maximum absolute atomic E-state index is 5.15. The summed E-state index contributed by atoms with van der Waals surface area (Å²) < 4.78 is 10.4. The van der Waals surface area contributed by atoms with E-state index in [-0.39, 0.29) is 0 Å². The normalized spacial score (nSPS) is 18.9. The van der Waals surface area contributed by atoms with Crippen LogP contribution in [0.15, 0.2) is 127 Å². The van der Waals surface area contributed by atoms with E-state index < -0.39 is 14.2 Å². The van der Waals surface area contributed by atoms with Gasteiger partial charge in [0.1, 0.15) is 0 Å². The van der Waals surface area contributed by atoms with Crippen molar-refractivity contribution in [1.29, 1.82) is 0 Å². The SMILES string of the molecule is CC(C)c1cccc(-c2cccc3c2C=C[CH]3[Hf]([CH3])([CH3])([CH3])(=[SiH2])([CH2]Cc2ccccc2)[CH]2C=Cc3c(-c4cccc(C(C)C)c4)cccc32)c1. The fourth-order valence-corrected chi connectivity index (χ4v) is 46.6. The van der Waals surface area contributed by atoms with E-state index in [4.69, 9.17) is 0 Å². The monoisotopic (exact) mass is 826 g/mol. The van der Waals surface area contributed by atoms with Gasteiger partial charge in [0.25, 0.3) is 0 Å². The maximum atomic E-state index is 2.83. The molecule has 0 spiro atoms. The Kier molecular flexibility index (Phi) is 7.72. The summed E-state index contributed by atoms with van der Waals surface area (Å²) in [6.07, 6.45) is 11.4. The molecule has 0 saturated carbocycles. The van der Waals surface area contributed by atoms with Crippen LogP contribution in [0.3, 0.4) is 0 Å². The standard InChI is InChI=1S/2C18H17.C8H9.3CH3.Hf.H2Si/c2*1-13(2)15-8-3-9-16(12-15)18-11-5-7-14-6-4-10-17(14)18;1-2-8-6-4-3-5-7-8;;;;;/h2*3-13H,1-2H3;3-7H,1-2H2;3*1H3;;1H2. The molecule has 5 aromatic rings. The van der Waals surface area contributed by atoms with Gasteiger partial charge in [0.2, 0.25) is 0 Å². The number of hydrogen-bond acceptors (Lipinski definition) is 0. The van der Waals surface area contributed by atoms with Crippen molar-refractivity contribution in [2.75, 3.05) is 0 Å². The summed E-state index contributed by atoms with van der Waals surface area (Å²) in [4.78, 5) is 0. The first-order valence-corrected chi connectivity index (χ1v) is 44.3. The summed E-state index contributed by atoms with van der Waals surface area (Å²) in [5.41, 5.74) is 15.5. The molecule has 2 aliphatic carbocycles. The molecule has 250 valence electrons. The Labute approximate surface area is 291 Å². The molecule has 0 N–H and O–H groups in total. The molecule has 5 aromatic carbocycles. The van der Waals surface area contributed by atoms with Crippen molar-refractivity contribution in [2.24, 2.45) is 0 Å². The number of rotatable bonds is 9. The van der Waals surface area contributed by atoms with Crippen LogP contribution in [0, 0.1) is 0 Å². The summed E-state index contributed by atoms with van der Waals surface area (Å²) in [6.45, 7) is 11.7. The molecule has 49 heavy (non-hydrogen) atoms. The van der Waals surface area contributed by atoms with E-state index in [2.05, 4.69) is 188 Å². The molecule has 0 bridgehead atoms. The molecule has 0 aromatic heterocycles. The van der Waals surface area contributed by atoms with E-state index in [1.54, 1.807) is 0 Å². The van der Waals surface area contributed by atoms with Crippen molar-refractivity contribution >= 4 is 19.1 Å². The van der Waals surface area contributed by atoms with Gasteiger partial charge >= 0.3 is 293 Å². The quantitative estimate of drug-likeness (QED) is 0.130. The van der Waals surface area contributed by atoms with Crippen LogP contribution in [0.4, 0.5) is 0 Å². The van der Waals surface area contributed by atoms with Gasteiger partial charge in [-0.3, -0.25) is 0 Å². The second-order valence-corrected chi connectivity index (χ2v) is 101. The number of aryl methyl sites for hydroxylation is 1. The first-order chi connectivity index (χ1) is 23.1. The zero-order chi connectivity index (χ0) is 34.7. The molecule has 2 unspecified atom stereocenters. The zero-order valence-electron chi connectivity index (χ0n) is 30.7. The van der Waals surface area contributed by atoms with Crippen molar-refractivity contribution in [3.8, 4) is 22.3 Å². The predicted molar refractivity (Wildman–Crippen MR) is 217 cm³/mol. The predicted octanol–water partition coefficient (Wildman–Crippen LogP) is 13.2. The van der Waals surface area contributed by atoms with Crippen LogP contribution in [0.1, 0.15) is 85.8 Å². The minimum atomic E-state index is -5.15. The van der Waals surface area contributed by atoms with Gasteiger partial charge in [-0.1, -0.05) is 0 Å². The first-order valence-electron chi connectivity index (χ1n) is 18.6. The summed E-state index contributed by atoms with van der Waals surface area (Å²) in [6, 6.07) is 44.0. The molecule has 0 saturated heterocycles. The van der Waals surface area contributed by atoms with Gasteiger partial charge in [-0.05, 0) is 0 Å². The molecule has 0 radical (unpaired) electrons. The average Bonchev–Trinajstić information content (AvgIpc) is 3.75. The van der Waals surface area contributed by atoms with Crippen molar-refractivity contribution in [3.05, 3.63) is 166 Å². The van der Waals surface area contributed by atoms with Gasteiger partial charge in [-0.2, -0.15) is 0 Å². The molecule has 2 atom stereocenters. The third kappa shape index (κ3) is 5.68. The molecular formula is C47H54HfSi. The van der Waals surface area contributed by atoms with Crippen LogP contribution >= 0.6 is 0 Å². The number of benzene rings is 5. The minimum absolute atomic E-state index is 0.364. The fourth-order valence-electron chi connectivity index (χ4n) is 9.72. The Balaban J connectivity index is 1.43. The van der Waals surface area contributed by atoms with Crippen LogP contribution < -0.4 is 0 Å². The second kappa shape index (κ2) is 11.1. The van der Waals surface area contributed by atoms with E-state index in [0.29, 0.717) is 19.2 Å². The third-order valence-electron chi connectivity index (χ3n) is 13.2. The van der Waals surface area contributed by atoms with Gasteiger partial charge < -0.3 is 0 Å². The molecule has 0 amide bonds. The molecule has 2 heteroatoms. The molecule has 2 aliphatic rings. The van der Waals surface area contributed by atoms with Crippen LogP contribution in [-0.2, 0) is 20.6 Å². The van der Waals surface area contributed by atoms with Gasteiger partial charge in [0.05, 0.1) is 0 Å². The Hall–Kier alpha value is -3.33.